The van der Waals surface area contributed by atoms with Gasteiger partial charge in [0.2, 0.25) is 0 Å². The molecule has 188 valence electrons. The van der Waals surface area contributed by atoms with E-state index < -0.39 is 0 Å². The molecule has 40 heavy (non-hydrogen) atoms. The van der Waals surface area contributed by atoms with E-state index in [0.29, 0.717) is 5.82 Å². The Bertz CT molecular complexity index is 1910. The van der Waals surface area contributed by atoms with E-state index in [1.807, 2.05) is 24.3 Å². The molecule has 0 fully saturated rings. The van der Waals surface area contributed by atoms with Gasteiger partial charge in [0, 0.05) is 22.3 Å². The van der Waals surface area contributed by atoms with Crippen LogP contribution in [-0.4, -0.2) is 9.97 Å². The Morgan fingerprint density at radius 2 is 0.725 bits per heavy atom. The van der Waals surface area contributed by atoms with Gasteiger partial charge >= 0.3 is 0 Å². The lowest BCUT2D eigenvalue weighted by molar-refractivity contribution is 1.19. The van der Waals surface area contributed by atoms with E-state index >= 15 is 0 Å². The van der Waals surface area contributed by atoms with E-state index in [0.717, 1.165) is 44.6 Å². The van der Waals surface area contributed by atoms with Gasteiger partial charge in [0.1, 0.15) is 0 Å². The Hall–Kier alpha value is -5.34. The lowest BCUT2D eigenvalue weighted by atomic mass is 9.89. The normalized spacial score (nSPS) is 11.0. The zero-order valence-corrected chi connectivity index (χ0v) is 21.9. The fraction of sp³-hybridized carbons (Fsp3) is 0. The minimum atomic E-state index is 0.713. The molecule has 2 heteroatoms. The van der Waals surface area contributed by atoms with Crippen molar-refractivity contribution in [3.8, 4) is 56.2 Å². The van der Waals surface area contributed by atoms with Gasteiger partial charge in [0.05, 0.1) is 11.4 Å². The summed E-state index contributed by atoms with van der Waals surface area (Å²) in [4.78, 5) is 10.5. The summed E-state index contributed by atoms with van der Waals surface area (Å²) in [5.74, 6) is 0.713. The Labute approximate surface area is 234 Å². The lowest BCUT2D eigenvalue weighted by Crippen LogP contribution is -2.01. The van der Waals surface area contributed by atoms with Crippen molar-refractivity contribution in [2.45, 2.75) is 0 Å². The van der Waals surface area contributed by atoms with Crippen molar-refractivity contribution in [3.05, 3.63) is 158 Å². The standard InChI is InChI=1S/C38H26N2/c1-5-15-27(16-6-1)31-25-26-34(33-24-14-13-23-32(31)33)37-35(28-17-7-2-8-18-28)36(29-19-9-3-10-20-29)39-38(40-37)30-21-11-4-12-22-30/h1-26H. The molecule has 0 saturated carbocycles. The van der Waals surface area contributed by atoms with Gasteiger partial charge in [-0.2, -0.15) is 0 Å². The van der Waals surface area contributed by atoms with E-state index in [-0.39, 0.29) is 0 Å². The van der Waals surface area contributed by atoms with Crippen molar-refractivity contribution < 1.29 is 0 Å². The molecule has 7 rings (SSSR count). The molecule has 0 bridgehead atoms. The third kappa shape index (κ3) is 4.36. The number of benzene rings is 6. The van der Waals surface area contributed by atoms with E-state index in [9.17, 15) is 0 Å². The minimum Gasteiger partial charge on any atom is -0.227 e. The van der Waals surface area contributed by atoms with Crippen LogP contribution in [0.25, 0.3) is 66.9 Å². The molecule has 0 radical (unpaired) electrons. The van der Waals surface area contributed by atoms with E-state index in [2.05, 4.69) is 133 Å². The fourth-order valence-corrected chi connectivity index (χ4v) is 5.43. The second-order valence-corrected chi connectivity index (χ2v) is 9.79. The molecule has 0 saturated heterocycles. The molecule has 0 aliphatic rings. The number of hydrogen-bond donors (Lipinski definition) is 0. The number of rotatable bonds is 5. The second kappa shape index (κ2) is 10.4. The first kappa shape index (κ1) is 23.8. The van der Waals surface area contributed by atoms with Crippen molar-refractivity contribution in [2.75, 3.05) is 0 Å². The van der Waals surface area contributed by atoms with Gasteiger partial charge in [0.15, 0.2) is 5.82 Å². The molecule has 0 unspecified atom stereocenters. The monoisotopic (exact) mass is 510 g/mol. The number of nitrogens with zero attached hydrogens (tertiary/aromatic N) is 2. The molecule has 1 heterocycles. The SMILES string of the molecule is c1ccc(-c2nc(-c3ccccc3)c(-c3ccccc3)c(-c3ccc(-c4ccccc4)c4ccccc34)n2)cc1. The van der Waals surface area contributed by atoms with E-state index in [1.165, 1.54) is 16.5 Å². The highest BCUT2D eigenvalue weighted by atomic mass is 14.9. The van der Waals surface area contributed by atoms with Crippen molar-refractivity contribution in [1.29, 1.82) is 0 Å². The van der Waals surface area contributed by atoms with Gasteiger partial charge in [-0.1, -0.05) is 158 Å². The van der Waals surface area contributed by atoms with Crippen molar-refractivity contribution in [1.82, 2.24) is 9.97 Å². The van der Waals surface area contributed by atoms with Gasteiger partial charge in [-0.05, 0) is 27.5 Å². The van der Waals surface area contributed by atoms with Crippen LogP contribution in [0.1, 0.15) is 0 Å². The summed E-state index contributed by atoms with van der Waals surface area (Å²) in [5.41, 5.74) is 9.52. The number of aromatic nitrogens is 2. The summed E-state index contributed by atoms with van der Waals surface area (Å²) in [7, 11) is 0. The minimum absolute atomic E-state index is 0.713. The third-order valence-electron chi connectivity index (χ3n) is 7.31. The number of fused-ring (bicyclic) bond motifs is 1. The third-order valence-corrected chi connectivity index (χ3v) is 7.31. The average Bonchev–Trinajstić information content (AvgIpc) is 3.05. The number of hydrogen-bond acceptors (Lipinski definition) is 2. The molecule has 1 aromatic heterocycles. The van der Waals surface area contributed by atoms with Crippen molar-refractivity contribution in [2.24, 2.45) is 0 Å². The Morgan fingerprint density at radius 1 is 0.300 bits per heavy atom. The summed E-state index contributed by atoms with van der Waals surface area (Å²) in [5, 5.41) is 2.36. The molecule has 0 aliphatic carbocycles. The van der Waals surface area contributed by atoms with Crippen LogP contribution in [0.5, 0.6) is 0 Å². The van der Waals surface area contributed by atoms with Crippen LogP contribution < -0.4 is 0 Å². The van der Waals surface area contributed by atoms with Crippen LogP contribution in [0.2, 0.25) is 0 Å². The van der Waals surface area contributed by atoms with Crippen LogP contribution in [0.3, 0.4) is 0 Å². The van der Waals surface area contributed by atoms with Crippen LogP contribution in [-0.2, 0) is 0 Å². The topological polar surface area (TPSA) is 25.8 Å². The molecular formula is C38H26N2. The zero-order chi connectivity index (χ0) is 26.7. The molecule has 2 nitrogen and oxygen atoms in total. The summed E-state index contributed by atoms with van der Waals surface area (Å²) >= 11 is 0. The predicted molar refractivity (Wildman–Crippen MR) is 167 cm³/mol. The van der Waals surface area contributed by atoms with E-state index in [4.69, 9.17) is 9.97 Å². The maximum Gasteiger partial charge on any atom is 0.160 e. The quantitative estimate of drug-likeness (QED) is 0.230. The summed E-state index contributed by atoms with van der Waals surface area (Å²) < 4.78 is 0. The molecule has 6 aromatic carbocycles. The Kier molecular flexibility index (Phi) is 6.20. The van der Waals surface area contributed by atoms with E-state index in [1.54, 1.807) is 0 Å². The first-order chi connectivity index (χ1) is 19.9. The van der Waals surface area contributed by atoms with Crippen molar-refractivity contribution in [3.63, 3.8) is 0 Å². The maximum absolute atomic E-state index is 5.32. The van der Waals surface area contributed by atoms with Crippen molar-refractivity contribution >= 4 is 10.8 Å². The van der Waals surface area contributed by atoms with Gasteiger partial charge in [-0.15, -0.1) is 0 Å². The van der Waals surface area contributed by atoms with Crippen LogP contribution in [0.15, 0.2) is 158 Å². The molecule has 7 aromatic rings. The zero-order valence-electron chi connectivity index (χ0n) is 21.9. The highest BCUT2D eigenvalue weighted by molar-refractivity contribution is 6.07. The Morgan fingerprint density at radius 3 is 1.32 bits per heavy atom. The van der Waals surface area contributed by atoms with Gasteiger partial charge in [-0.3, -0.25) is 0 Å². The largest absolute Gasteiger partial charge is 0.227 e. The summed E-state index contributed by atoms with van der Waals surface area (Å²) in [6.07, 6.45) is 0. The fourth-order valence-electron chi connectivity index (χ4n) is 5.43. The molecule has 0 atom stereocenters. The van der Waals surface area contributed by atoms with Gasteiger partial charge in [0.25, 0.3) is 0 Å². The molecule has 0 amide bonds. The van der Waals surface area contributed by atoms with Gasteiger partial charge in [-0.25, -0.2) is 9.97 Å². The van der Waals surface area contributed by atoms with Crippen LogP contribution in [0, 0.1) is 0 Å². The molecule has 0 spiro atoms. The molecule has 0 aliphatic heterocycles. The smallest absolute Gasteiger partial charge is 0.160 e. The highest BCUT2D eigenvalue weighted by Crippen LogP contribution is 2.43. The predicted octanol–water partition coefficient (Wildman–Crippen LogP) is 9.96. The molecule has 0 N–H and O–H groups in total. The summed E-state index contributed by atoms with van der Waals surface area (Å²) in [6.45, 7) is 0. The first-order valence-electron chi connectivity index (χ1n) is 13.5. The summed E-state index contributed by atoms with van der Waals surface area (Å²) in [6, 6.07) is 54.9. The highest BCUT2D eigenvalue weighted by Gasteiger charge is 2.21. The maximum atomic E-state index is 5.32. The average molecular weight is 511 g/mol. The van der Waals surface area contributed by atoms with Gasteiger partial charge < -0.3 is 0 Å². The first-order valence-corrected chi connectivity index (χ1v) is 13.5. The van der Waals surface area contributed by atoms with Crippen LogP contribution in [0.4, 0.5) is 0 Å². The van der Waals surface area contributed by atoms with Crippen LogP contribution >= 0.6 is 0 Å². The second-order valence-electron chi connectivity index (χ2n) is 9.79. The lowest BCUT2D eigenvalue weighted by Gasteiger charge is -2.19. The molecular weight excluding hydrogens is 484 g/mol. The Balaban J connectivity index is 1.59.